The van der Waals surface area contributed by atoms with E-state index in [9.17, 15) is 9.90 Å². The molecule has 0 radical (unpaired) electrons. The monoisotopic (exact) mass is 298 g/mol. The number of carbonyl (C=O) groups is 1. The van der Waals surface area contributed by atoms with Gasteiger partial charge in [-0.25, -0.2) is 0 Å². The van der Waals surface area contributed by atoms with Crippen LogP contribution in [0.3, 0.4) is 0 Å². The Labute approximate surface area is 130 Å². The van der Waals surface area contributed by atoms with Gasteiger partial charge in [-0.05, 0) is 65.0 Å². The molecule has 1 rings (SSSR count). The average Bonchev–Trinajstić information content (AvgIpc) is 2.38. The Morgan fingerprint density at radius 1 is 1.38 bits per heavy atom. The van der Waals surface area contributed by atoms with Crippen LogP contribution >= 0.6 is 0 Å². The predicted molar refractivity (Wildman–Crippen MR) is 87.6 cm³/mol. The predicted octanol–water partition coefficient (Wildman–Crippen LogP) is 3.12. The van der Waals surface area contributed by atoms with E-state index in [2.05, 4.69) is 17.1 Å². The van der Waals surface area contributed by atoms with Crippen molar-refractivity contribution in [2.75, 3.05) is 19.6 Å². The highest BCUT2D eigenvalue weighted by molar-refractivity contribution is 5.78. The third kappa shape index (κ3) is 5.59. The number of hydrogen-bond donors (Lipinski definition) is 2. The topological polar surface area (TPSA) is 52.6 Å². The lowest BCUT2D eigenvalue weighted by Crippen LogP contribution is -2.54. The molecule has 1 aliphatic rings. The number of carboxylic acids is 1. The van der Waals surface area contributed by atoms with Crippen molar-refractivity contribution >= 4 is 5.97 Å². The normalized spacial score (nSPS) is 18.8. The molecule has 4 nitrogen and oxygen atoms in total. The van der Waals surface area contributed by atoms with E-state index in [1.54, 1.807) is 0 Å². The van der Waals surface area contributed by atoms with Crippen LogP contribution in [0.4, 0.5) is 0 Å². The lowest BCUT2D eigenvalue weighted by molar-refractivity contribution is -0.145. The van der Waals surface area contributed by atoms with Gasteiger partial charge in [0.05, 0.1) is 0 Å². The molecule has 0 aliphatic heterocycles. The molecule has 124 valence electrons. The van der Waals surface area contributed by atoms with Gasteiger partial charge in [-0.3, -0.25) is 10.1 Å². The molecule has 1 saturated carbocycles. The van der Waals surface area contributed by atoms with Crippen molar-refractivity contribution in [1.82, 2.24) is 10.2 Å². The summed E-state index contributed by atoms with van der Waals surface area (Å²) in [6.07, 6.45) is 6.42. The van der Waals surface area contributed by atoms with Gasteiger partial charge < -0.3 is 10.0 Å². The average molecular weight is 298 g/mol. The van der Waals surface area contributed by atoms with Gasteiger partial charge in [-0.1, -0.05) is 20.3 Å². The molecule has 0 saturated heterocycles. The summed E-state index contributed by atoms with van der Waals surface area (Å²) in [5.41, 5.74) is -0.760. The Kier molecular flexibility index (Phi) is 7.67. The summed E-state index contributed by atoms with van der Waals surface area (Å²) in [5.74, 6) is 0.176. The van der Waals surface area contributed by atoms with Gasteiger partial charge in [-0.15, -0.1) is 0 Å². The van der Waals surface area contributed by atoms with Crippen molar-refractivity contribution in [3.8, 4) is 0 Å². The SMILES string of the molecule is CCN(CCCC(CC)(NC(C)C)C(=O)O)CC1CCC1. The van der Waals surface area contributed by atoms with E-state index < -0.39 is 11.5 Å². The van der Waals surface area contributed by atoms with Crippen molar-refractivity contribution in [2.24, 2.45) is 5.92 Å². The summed E-state index contributed by atoms with van der Waals surface area (Å²) in [6, 6.07) is 0.193. The highest BCUT2D eigenvalue weighted by atomic mass is 16.4. The van der Waals surface area contributed by atoms with E-state index in [0.717, 1.165) is 25.4 Å². The lowest BCUT2D eigenvalue weighted by Gasteiger charge is -2.34. The number of rotatable bonds is 11. The zero-order chi connectivity index (χ0) is 15.9. The van der Waals surface area contributed by atoms with E-state index in [4.69, 9.17) is 0 Å². The molecule has 4 heteroatoms. The highest BCUT2D eigenvalue weighted by Crippen LogP contribution is 2.27. The number of aliphatic carboxylic acids is 1. The first-order chi connectivity index (χ1) is 9.93. The molecule has 0 aromatic rings. The minimum absolute atomic E-state index is 0.193. The van der Waals surface area contributed by atoms with Gasteiger partial charge in [0, 0.05) is 12.6 Å². The van der Waals surface area contributed by atoms with Crippen LogP contribution in [0.2, 0.25) is 0 Å². The number of nitrogens with zero attached hydrogens (tertiary/aromatic N) is 1. The molecule has 21 heavy (non-hydrogen) atoms. The summed E-state index contributed by atoms with van der Waals surface area (Å²) in [5, 5.41) is 12.9. The van der Waals surface area contributed by atoms with Crippen LogP contribution in [0.15, 0.2) is 0 Å². The molecule has 0 aromatic heterocycles. The Balaban J connectivity index is 2.45. The molecule has 2 N–H and O–H groups in total. The first kappa shape index (κ1) is 18.4. The van der Waals surface area contributed by atoms with Gasteiger partial charge in [0.25, 0.3) is 0 Å². The smallest absolute Gasteiger partial charge is 0.323 e. The molecule has 0 heterocycles. The van der Waals surface area contributed by atoms with E-state index in [1.165, 1.54) is 25.8 Å². The minimum atomic E-state index is -0.760. The zero-order valence-corrected chi connectivity index (χ0v) is 14.3. The van der Waals surface area contributed by atoms with Crippen LogP contribution in [0.25, 0.3) is 0 Å². The Morgan fingerprint density at radius 3 is 2.43 bits per heavy atom. The quantitative estimate of drug-likeness (QED) is 0.615. The first-order valence-electron chi connectivity index (χ1n) is 8.67. The van der Waals surface area contributed by atoms with Gasteiger partial charge in [0.15, 0.2) is 0 Å². The Bertz CT molecular complexity index is 316. The zero-order valence-electron chi connectivity index (χ0n) is 14.3. The lowest BCUT2D eigenvalue weighted by atomic mass is 9.85. The maximum absolute atomic E-state index is 11.7. The summed E-state index contributed by atoms with van der Waals surface area (Å²) >= 11 is 0. The van der Waals surface area contributed by atoms with Crippen molar-refractivity contribution in [3.63, 3.8) is 0 Å². The molecular formula is C17H34N2O2. The molecule has 0 spiro atoms. The molecule has 0 aromatic carbocycles. The summed E-state index contributed by atoms with van der Waals surface area (Å²) in [7, 11) is 0. The van der Waals surface area contributed by atoms with Crippen molar-refractivity contribution in [1.29, 1.82) is 0 Å². The van der Waals surface area contributed by atoms with Gasteiger partial charge in [-0.2, -0.15) is 0 Å². The summed E-state index contributed by atoms with van der Waals surface area (Å²) in [6.45, 7) is 11.5. The number of nitrogens with one attached hydrogen (secondary N) is 1. The van der Waals surface area contributed by atoms with E-state index >= 15 is 0 Å². The summed E-state index contributed by atoms with van der Waals surface area (Å²) < 4.78 is 0. The fraction of sp³-hybridized carbons (Fsp3) is 0.941. The van der Waals surface area contributed by atoms with E-state index in [0.29, 0.717) is 12.8 Å². The van der Waals surface area contributed by atoms with Crippen LogP contribution in [0, 0.1) is 5.92 Å². The highest BCUT2D eigenvalue weighted by Gasteiger charge is 2.36. The number of hydrogen-bond acceptors (Lipinski definition) is 3. The fourth-order valence-corrected chi connectivity index (χ4v) is 3.25. The minimum Gasteiger partial charge on any atom is -0.480 e. The molecule has 1 fully saturated rings. The maximum Gasteiger partial charge on any atom is 0.323 e. The van der Waals surface area contributed by atoms with Crippen molar-refractivity contribution < 1.29 is 9.90 Å². The molecule has 0 bridgehead atoms. The number of carboxylic acid groups (broad SMARTS) is 1. The van der Waals surface area contributed by atoms with Gasteiger partial charge in [0.2, 0.25) is 0 Å². The molecule has 1 unspecified atom stereocenters. The van der Waals surface area contributed by atoms with Crippen LogP contribution in [0.1, 0.15) is 66.2 Å². The molecule has 0 amide bonds. The standard InChI is InChI=1S/C17H34N2O2/c1-5-17(16(20)21,18-14(3)4)11-8-12-19(6-2)13-15-9-7-10-15/h14-15,18H,5-13H2,1-4H3,(H,20,21). The largest absolute Gasteiger partial charge is 0.480 e. The second-order valence-electron chi connectivity index (χ2n) is 6.83. The van der Waals surface area contributed by atoms with Gasteiger partial charge in [0.1, 0.15) is 5.54 Å². The maximum atomic E-state index is 11.7. The van der Waals surface area contributed by atoms with E-state index in [1.807, 2.05) is 20.8 Å². The van der Waals surface area contributed by atoms with Crippen LogP contribution < -0.4 is 5.32 Å². The second kappa shape index (κ2) is 8.74. The Hall–Kier alpha value is -0.610. The molecular weight excluding hydrogens is 264 g/mol. The van der Waals surface area contributed by atoms with Crippen molar-refractivity contribution in [3.05, 3.63) is 0 Å². The van der Waals surface area contributed by atoms with Crippen LogP contribution in [-0.2, 0) is 4.79 Å². The van der Waals surface area contributed by atoms with Crippen molar-refractivity contribution in [2.45, 2.75) is 77.8 Å². The third-order valence-electron chi connectivity index (χ3n) is 4.84. The second-order valence-corrected chi connectivity index (χ2v) is 6.83. The Morgan fingerprint density at radius 2 is 2.05 bits per heavy atom. The molecule has 1 aliphatic carbocycles. The van der Waals surface area contributed by atoms with Crippen LogP contribution in [-0.4, -0.2) is 47.2 Å². The first-order valence-corrected chi connectivity index (χ1v) is 8.67. The van der Waals surface area contributed by atoms with Crippen LogP contribution in [0.5, 0.6) is 0 Å². The summed E-state index contributed by atoms with van der Waals surface area (Å²) in [4.78, 5) is 14.2. The third-order valence-corrected chi connectivity index (χ3v) is 4.84. The van der Waals surface area contributed by atoms with Gasteiger partial charge >= 0.3 is 5.97 Å². The fourth-order valence-electron chi connectivity index (χ4n) is 3.25. The molecule has 1 atom stereocenters. The van der Waals surface area contributed by atoms with E-state index in [-0.39, 0.29) is 6.04 Å².